The average molecular weight is 266 g/mol. The Morgan fingerprint density at radius 1 is 1.32 bits per heavy atom. The van der Waals surface area contributed by atoms with Gasteiger partial charge in [0, 0.05) is 11.8 Å². The van der Waals surface area contributed by atoms with E-state index in [-0.39, 0.29) is 12.0 Å². The molecular formula is C14H22N2O3. The molecule has 5 heteroatoms. The molecule has 0 aliphatic rings. The fourth-order valence-electron chi connectivity index (χ4n) is 1.81. The molecule has 0 aliphatic heterocycles. The summed E-state index contributed by atoms with van der Waals surface area (Å²) in [7, 11) is 0. The molecule has 1 aromatic rings. The van der Waals surface area contributed by atoms with Crippen LogP contribution in [0.25, 0.3) is 0 Å². The molecule has 1 atom stereocenters. The van der Waals surface area contributed by atoms with Gasteiger partial charge >= 0.3 is 5.97 Å². The maximum Gasteiger partial charge on any atom is 0.314 e. The lowest BCUT2D eigenvalue weighted by atomic mass is 9.96. The summed E-state index contributed by atoms with van der Waals surface area (Å²) in [6, 6.07) is 1.72. The summed E-state index contributed by atoms with van der Waals surface area (Å²) >= 11 is 0. The third-order valence-electron chi connectivity index (χ3n) is 2.52. The number of carboxylic acids is 1. The Labute approximate surface area is 114 Å². The second kappa shape index (κ2) is 6.50. The Morgan fingerprint density at radius 2 is 1.95 bits per heavy atom. The zero-order valence-electron chi connectivity index (χ0n) is 12.2. The molecule has 1 N–H and O–H groups in total. The summed E-state index contributed by atoms with van der Waals surface area (Å²) in [5.41, 5.74) is 0.718. The molecule has 19 heavy (non-hydrogen) atoms. The van der Waals surface area contributed by atoms with E-state index in [1.807, 2.05) is 34.6 Å². The summed E-state index contributed by atoms with van der Waals surface area (Å²) in [5, 5.41) is 9.32. The summed E-state index contributed by atoms with van der Waals surface area (Å²) < 4.78 is 5.53. The van der Waals surface area contributed by atoms with Gasteiger partial charge in [-0.05, 0) is 33.1 Å². The number of nitrogens with zero attached hydrogens (tertiary/aromatic N) is 2. The highest BCUT2D eigenvalue weighted by Gasteiger charge is 2.25. The third kappa shape index (κ3) is 4.85. The summed E-state index contributed by atoms with van der Waals surface area (Å²) in [6.45, 7) is 9.58. The van der Waals surface area contributed by atoms with E-state index in [4.69, 9.17) is 4.74 Å². The predicted molar refractivity (Wildman–Crippen MR) is 72.4 cm³/mol. The van der Waals surface area contributed by atoms with Gasteiger partial charge in [-0.15, -0.1) is 0 Å². The molecule has 0 spiro atoms. The standard InChI is InChI=1S/C14H22N2O3/c1-8(2)6-11(14(17)18)13-15-10(5)7-12(16-13)19-9(3)4/h7-9,11H,6H2,1-5H3,(H,17,18). The number of aryl methyl sites for hydroxylation is 1. The maximum atomic E-state index is 11.4. The minimum absolute atomic E-state index is 0.00414. The van der Waals surface area contributed by atoms with E-state index >= 15 is 0 Å². The van der Waals surface area contributed by atoms with Crippen LogP contribution in [-0.2, 0) is 4.79 Å². The Balaban J connectivity index is 3.08. The molecule has 106 valence electrons. The molecule has 1 rings (SSSR count). The van der Waals surface area contributed by atoms with Crippen molar-refractivity contribution < 1.29 is 14.6 Å². The molecule has 5 nitrogen and oxygen atoms in total. The molecule has 1 aromatic heterocycles. The Hall–Kier alpha value is -1.65. The minimum Gasteiger partial charge on any atom is -0.481 e. The van der Waals surface area contributed by atoms with Crippen molar-refractivity contribution in [3.63, 3.8) is 0 Å². The van der Waals surface area contributed by atoms with Crippen molar-refractivity contribution >= 4 is 5.97 Å². The van der Waals surface area contributed by atoms with Crippen LogP contribution in [0.15, 0.2) is 6.07 Å². The zero-order valence-corrected chi connectivity index (χ0v) is 12.2. The van der Waals surface area contributed by atoms with Crippen LogP contribution < -0.4 is 4.74 Å². The number of hydrogen-bond acceptors (Lipinski definition) is 4. The van der Waals surface area contributed by atoms with E-state index in [1.165, 1.54) is 0 Å². The second-order valence-electron chi connectivity index (χ2n) is 5.39. The monoisotopic (exact) mass is 266 g/mol. The highest BCUT2D eigenvalue weighted by atomic mass is 16.5. The number of ether oxygens (including phenoxy) is 1. The van der Waals surface area contributed by atoms with E-state index in [1.54, 1.807) is 6.07 Å². The van der Waals surface area contributed by atoms with E-state index in [9.17, 15) is 9.90 Å². The fraction of sp³-hybridized carbons (Fsp3) is 0.643. The molecule has 0 aliphatic carbocycles. The van der Waals surface area contributed by atoms with Gasteiger partial charge in [0.2, 0.25) is 5.88 Å². The van der Waals surface area contributed by atoms with Crippen LogP contribution in [0.1, 0.15) is 51.6 Å². The van der Waals surface area contributed by atoms with Crippen LogP contribution in [0, 0.1) is 12.8 Å². The molecule has 0 aromatic carbocycles. The molecule has 0 fully saturated rings. The Bertz CT molecular complexity index is 444. The van der Waals surface area contributed by atoms with E-state index in [2.05, 4.69) is 9.97 Å². The zero-order chi connectivity index (χ0) is 14.6. The van der Waals surface area contributed by atoms with Crippen molar-refractivity contribution in [3.05, 3.63) is 17.6 Å². The first kappa shape index (κ1) is 15.4. The highest BCUT2D eigenvalue weighted by Crippen LogP contribution is 2.23. The molecule has 0 saturated carbocycles. The molecule has 0 amide bonds. The largest absolute Gasteiger partial charge is 0.481 e. The lowest BCUT2D eigenvalue weighted by Gasteiger charge is -2.16. The molecule has 0 saturated heterocycles. The van der Waals surface area contributed by atoms with Crippen LogP contribution in [0.5, 0.6) is 5.88 Å². The van der Waals surface area contributed by atoms with Crippen molar-refractivity contribution in [1.29, 1.82) is 0 Å². The Kier molecular flexibility index (Phi) is 5.27. The van der Waals surface area contributed by atoms with E-state index in [0.717, 1.165) is 5.69 Å². The quantitative estimate of drug-likeness (QED) is 0.857. The number of aromatic nitrogens is 2. The van der Waals surface area contributed by atoms with Crippen molar-refractivity contribution in [3.8, 4) is 5.88 Å². The average Bonchev–Trinajstić information content (AvgIpc) is 2.23. The number of aliphatic carboxylic acids is 1. The van der Waals surface area contributed by atoms with E-state index in [0.29, 0.717) is 18.1 Å². The smallest absolute Gasteiger partial charge is 0.314 e. The van der Waals surface area contributed by atoms with Crippen LogP contribution >= 0.6 is 0 Å². The predicted octanol–water partition coefficient (Wildman–Crippen LogP) is 2.79. The van der Waals surface area contributed by atoms with Crippen molar-refractivity contribution in [1.82, 2.24) is 9.97 Å². The number of hydrogen-bond donors (Lipinski definition) is 1. The summed E-state index contributed by atoms with van der Waals surface area (Å²) in [6.07, 6.45) is 0.510. The van der Waals surface area contributed by atoms with E-state index < -0.39 is 11.9 Å². The Morgan fingerprint density at radius 3 is 2.42 bits per heavy atom. The molecule has 0 radical (unpaired) electrons. The molecule has 1 heterocycles. The van der Waals surface area contributed by atoms with Crippen LogP contribution in [0.2, 0.25) is 0 Å². The fourth-order valence-corrected chi connectivity index (χ4v) is 1.81. The normalized spacial score (nSPS) is 12.8. The minimum atomic E-state index is -0.894. The number of carboxylic acid groups (broad SMARTS) is 1. The van der Waals surface area contributed by atoms with Crippen LogP contribution in [0.3, 0.4) is 0 Å². The highest BCUT2D eigenvalue weighted by molar-refractivity contribution is 5.74. The van der Waals surface area contributed by atoms with Gasteiger partial charge in [-0.25, -0.2) is 4.98 Å². The van der Waals surface area contributed by atoms with Crippen LogP contribution in [-0.4, -0.2) is 27.1 Å². The van der Waals surface area contributed by atoms with Gasteiger partial charge < -0.3 is 9.84 Å². The molecule has 0 bridgehead atoms. The lowest BCUT2D eigenvalue weighted by Crippen LogP contribution is -2.18. The van der Waals surface area contributed by atoms with Crippen molar-refractivity contribution in [2.75, 3.05) is 0 Å². The molecular weight excluding hydrogens is 244 g/mol. The lowest BCUT2D eigenvalue weighted by molar-refractivity contribution is -0.139. The number of carbonyl (C=O) groups is 1. The van der Waals surface area contributed by atoms with Gasteiger partial charge in [-0.3, -0.25) is 4.79 Å². The van der Waals surface area contributed by atoms with Gasteiger partial charge in [0.05, 0.1) is 6.10 Å². The van der Waals surface area contributed by atoms with Gasteiger partial charge in [-0.1, -0.05) is 13.8 Å². The third-order valence-corrected chi connectivity index (χ3v) is 2.52. The first-order valence-electron chi connectivity index (χ1n) is 6.54. The summed E-state index contributed by atoms with van der Waals surface area (Å²) in [5.74, 6) is -0.548. The first-order valence-corrected chi connectivity index (χ1v) is 6.54. The van der Waals surface area contributed by atoms with Crippen LogP contribution in [0.4, 0.5) is 0 Å². The topological polar surface area (TPSA) is 72.3 Å². The van der Waals surface area contributed by atoms with Gasteiger partial charge in [0.15, 0.2) is 0 Å². The van der Waals surface area contributed by atoms with Gasteiger partial charge in [0.25, 0.3) is 0 Å². The first-order chi connectivity index (χ1) is 8.79. The summed E-state index contributed by atoms with van der Waals surface area (Å²) in [4.78, 5) is 19.8. The second-order valence-corrected chi connectivity index (χ2v) is 5.39. The SMILES string of the molecule is Cc1cc(OC(C)C)nc(C(CC(C)C)C(=O)O)n1. The maximum absolute atomic E-state index is 11.4. The van der Waals surface area contributed by atoms with Crippen molar-refractivity contribution in [2.24, 2.45) is 5.92 Å². The molecule has 1 unspecified atom stereocenters. The van der Waals surface area contributed by atoms with Crippen molar-refractivity contribution in [2.45, 2.75) is 53.1 Å². The van der Waals surface area contributed by atoms with Gasteiger partial charge in [0.1, 0.15) is 11.7 Å². The number of rotatable bonds is 6. The van der Waals surface area contributed by atoms with Gasteiger partial charge in [-0.2, -0.15) is 4.98 Å².